The largest absolute Gasteiger partial charge is 0.334 e. The van der Waals surface area contributed by atoms with Gasteiger partial charge in [0.1, 0.15) is 0 Å². The normalized spacial score (nSPS) is 21.3. The molecule has 2 aliphatic rings. The van der Waals surface area contributed by atoms with Crippen molar-refractivity contribution in [2.45, 2.75) is 57.0 Å². The van der Waals surface area contributed by atoms with Crippen molar-refractivity contribution in [3.63, 3.8) is 0 Å². The van der Waals surface area contributed by atoms with E-state index in [1.165, 1.54) is 5.56 Å². The van der Waals surface area contributed by atoms with Crippen molar-refractivity contribution in [1.82, 2.24) is 25.2 Å². The second-order valence-corrected chi connectivity index (χ2v) is 7.70. The highest BCUT2D eigenvalue weighted by Crippen LogP contribution is 2.34. The third-order valence-electron chi connectivity index (χ3n) is 6.10. The summed E-state index contributed by atoms with van der Waals surface area (Å²) >= 11 is 0. The number of amides is 1. The Kier molecular flexibility index (Phi) is 7.08. The predicted octanol–water partition coefficient (Wildman–Crippen LogP) is 3.42. The average molecular weight is 404 g/mol. The zero-order valence-electron chi connectivity index (χ0n) is 16.5. The summed E-state index contributed by atoms with van der Waals surface area (Å²) in [5.74, 6) is 0.407. The molecule has 2 aliphatic heterocycles. The number of hydrogen-bond acceptors (Lipinski definition) is 4. The highest BCUT2D eigenvalue weighted by Gasteiger charge is 2.36. The van der Waals surface area contributed by atoms with E-state index < -0.39 is 0 Å². The summed E-state index contributed by atoms with van der Waals surface area (Å²) in [7, 11) is 0. The van der Waals surface area contributed by atoms with Gasteiger partial charge in [0.25, 0.3) is 5.91 Å². The van der Waals surface area contributed by atoms with Crippen LogP contribution in [0.15, 0.2) is 36.5 Å². The van der Waals surface area contributed by atoms with E-state index in [0.717, 1.165) is 51.7 Å². The van der Waals surface area contributed by atoms with Gasteiger partial charge in [0, 0.05) is 18.5 Å². The third-order valence-corrected chi connectivity index (χ3v) is 6.10. The minimum atomic E-state index is 0. The molecule has 6 nitrogen and oxygen atoms in total. The maximum absolute atomic E-state index is 13.2. The first-order valence-electron chi connectivity index (χ1n) is 10.3. The van der Waals surface area contributed by atoms with Crippen molar-refractivity contribution in [1.29, 1.82) is 0 Å². The number of piperidine rings is 1. The van der Waals surface area contributed by atoms with Crippen molar-refractivity contribution in [2.75, 3.05) is 19.6 Å². The molecule has 2 aromatic rings. The van der Waals surface area contributed by atoms with E-state index in [4.69, 9.17) is 0 Å². The van der Waals surface area contributed by atoms with Crippen molar-refractivity contribution in [2.24, 2.45) is 0 Å². The Balaban J connectivity index is 0.00000225. The molecule has 1 aromatic carbocycles. The van der Waals surface area contributed by atoms with Crippen LogP contribution in [-0.4, -0.2) is 51.5 Å². The zero-order valence-corrected chi connectivity index (χ0v) is 17.3. The first kappa shape index (κ1) is 20.8. The van der Waals surface area contributed by atoms with Crippen LogP contribution in [0.1, 0.15) is 67.0 Å². The molecule has 28 heavy (non-hydrogen) atoms. The second-order valence-electron chi connectivity index (χ2n) is 7.70. The van der Waals surface area contributed by atoms with Gasteiger partial charge in [-0.1, -0.05) is 42.5 Å². The van der Waals surface area contributed by atoms with E-state index in [2.05, 4.69) is 46.8 Å². The predicted molar refractivity (Wildman–Crippen MR) is 112 cm³/mol. The van der Waals surface area contributed by atoms with Crippen LogP contribution in [-0.2, 0) is 0 Å². The van der Waals surface area contributed by atoms with Crippen LogP contribution in [0.25, 0.3) is 0 Å². The molecule has 1 aromatic heterocycles. The minimum Gasteiger partial charge on any atom is -0.334 e. The molecule has 7 heteroatoms. The molecule has 1 N–H and O–H groups in total. The molecule has 0 aliphatic carbocycles. The lowest BCUT2D eigenvalue weighted by Gasteiger charge is -2.31. The van der Waals surface area contributed by atoms with Gasteiger partial charge in [-0.3, -0.25) is 4.79 Å². The molecule has 2 fully saturated rings. The Bertz CT molecular complexity index is 759. The number of carbonyl (C=O) groups excluding carboxylic acids is 1. The van der Waals surface area contributed by atoms with Gasteiger partial charge in [-0.05, 0) is 50.8 Å². The molecule has 1 amide bonds. The maximum Gasteiger partial charge on any atom is 0.276 e. The Morgan fingerprint density at radius 3 is 2.68 bits per heavy atom. The van der Waals surface area contributed by atoms with Gasteiger partial charge in [0.2, 0.25) is 0 Å². The molecule has 2 atom stereocenters. The van der Waals surface area contributed by atoms with Crippen molar-refractivity contribution >= 4 is 18.3 Å². The van der Waals surface area contributed by atoms with Crippen LogP contribution in [0.2, 0.25) is 0 Å². The molecule has 0 bridgehead atoms. The van der Waals surface area contributed by atoms with E-state index in [9.17, 15) is 4.79 Å². The highest BCUT2D eigenvalue weighted by molar-refractivity contribution is 5.92. The summed E-state index contributed by atoms with van der Waals surface area (Å²) in [6.45, 7) is 5.02. The summed E-state index contributed by atoms with van der Waals surface area (Å²) in [6, 6.07) is 11.2. The molecule has 4 rings (SSSR count). The van der Waals surface area contributed by atoms with Crippen LogP contribution in [0.4, 0.5) is 0 Å². The molecule has 2 unspecified atom stereocenters. The zero-order chi connectivity index (χ0) is 18.6. The summed E-state index contributed by atoms with van der Waals surface area (Å²) in [6.07, 6.45) is 7.08. The first-order chi connectivity index (χ1) is 13.3. The fourth-order valence-electron chi connectivity index (χ4n) is 4.66. The molecule has 152 valence electrons. The molecule has 0 saturated carbocycles. The van der Waals surface area contributed by atoms with Crippen LogP contribution < -0.4 is 5.32 Å². The van der Waals surface area contributed by atoms with Crippen molar-refractivity contribution in [3.05, 3.63) is 47.8 Å². The second kappa shape index (κ2) is 9.52. The van der Waals surface area contributed by atoms with Crippen molar-refractivity contribution in [3.8, 4) is 0 Å². The number of nitrogens with zero attached hydrogens (tertiary/aromatic N) is 4. The molecular weight excluding hydrogens is 374 g/mol. The number of benzene rings is 1. The van der Waals surface area contributed by atoms with Gasteiger partial charge in [-0.15, -0.1) is 17.5 Å². The Morgan fingerprint density at radius 2 is 1.96 bits per heavy atom. The minimum absolute atomic E-state index is 0. The van der Waals surface area contributed by atoms with Crippen molar-refractivity contribution < 1.29 is 4.79 Å². The fourth-order valence-corrected chi connectivity index (χ4v) is 4.66. The van der Waals surface area contributed by atoms with Gasteiger partial charge in [-0.2, -0.15) is 0 Å². The lowest BCUT2D eigenvalue weighted by Crippen LogP contribution is -2.39. The van der Waals surface area contributed by atoms with E-state index >= 15 is 0 Å². The number of rotatable bonds is 5. The summed E-state index contributed by atoms with van der Waals surface area (Å²) in [5, 5.41) is 11.9. The Hall–Kier alpha value is -1.92. The average Bonchev–Trinajstić information content (AvgIpc) is 3.40. The number of carbonyl (C=O) groups is 1. The van der Waals surface area contributed by atoms with E-state index in [-0.39, 0.29) is 24.4 Å². The summed E-state index contributed by atoms with van der Waals surface area (Å²) in [4.78, 5) is 15.2. The number of halogens is 1. The summed E-state index contributed by atoms with van der Waals surface area (Å²) in [5.41, 5.74) is 1.81. The van der Waals surface area contributed by atoms with Gasteiger partial charge in [0.15, 0.2) is 5.69 Å². The smallest absolute Gasteiger partial charge is 0.276 e. The molecule has 0 spiro atoms. The van der Waals surface area contributed by atoms with Gasteiger partial charge < -0.3 is 10.2 Å². The van der Waals surface area contributed by atoms with Crippen LogP contribution in [0.5, 0.6) is 0 Å². The van der Waals surface area contributed by atoms with Crippen LogP contribution >= 0.6 is 12.4 Å². The number of likely N-dealkylation sites (tertiary alicyclic amines) is 1. The lowest BCUT2D eigenvalue weighted by molar-refractivity contribution is 0.0708. The van der Waals surface area contributed by atoms with Crippen LogP contribution in [0.3, 0.4) is 0 Å². The fraction of sp³-hybridized carbons (Fsp3) is 0.571. The first-order valence-corrected chi connectivity index (χ1v) is 10.3. The van der Waals surface area contributed by atoms with Gasteiger partial charge >= 0.3 is 0 Å². The quantitative estimate of drug-likeness (QED) is 0.830. The number of aromatic nitrogens is 3. The Morgan fingerprint density at radius 1 is 1.21 bits per heavy atom. The van der Waals surface area contributed by atoms with E-state index in [1.54, 1.807) is 0 Å². The summed E-state index contributed by atoms with van der Waals surface area (Å²) < 4.78 is 1.90. The SMILES string of the molecule is CCC(c1ccccc1)C1CCCN1C(=O)c1cn(C2CCNCC2)nn1.Cl. The molecule has 0 radical (unpaired) electrons. The van der Waals surface area contributed by atoms with E-state index in [1.807, 2.05) is 21.8 Å². The standard InChI is InChI=1S/C21H29N5O.ClH/c1-2-18(16-7-4-3-5-8-16)20-9-6-14-25(20)21(27)19-15-26(24-23-19)17-10-12-22-13-11-17;/h3-5,7-8,15,17-18,20,22H,2,6,9-14H2,1H3;1H. The Labute approximate surface area is 173 Å². The van der Waals surface area contributed by atoms with E-state index in [0.29, 0.717) is 17.7 Å². The number of hydrogen-bond donors (Lipinski definition) is 1. The molecule has 2 saturated heterocycles. The van der Waals surface area contributed by atoms with Crippen LogP contribution in [0, 0.1) is 0 Å². The maximum atomic E-state index is 13.2. The monoisotopic (exact) mass is 403 g/mol. The lowest BCUT2D eigenvalue weighted by atomic mass is 9.87. The molecular formula is C21H30ClN5O. The van der Waals surface area contributed by atoms with Gasteiger partial charge in [-0.25, -0.2) is 4.68 Å². The van der Waals surface area contributed by atoms with Gasteiger partial charge in [0.05, 0.1) is 12.2 Å². The topological polar surface area (TPSA) is 63.1 Å². The highest BCUT2D eigenvalue weighted by atomic mass is 35.5. The third kappa shape index (κ3) is 4.23. The molecule has 3 heterocycles. The number of nitrogens with one attached hydrogen (secondary N) is 1.